The number of piperidine rings is 1. The van der Waals surface area contributed by atoms with Crippen molar-refractivity contribution < 1.29 is 8.42 Å². The summed E-state index contributed by atoms with van der Waals surface area (Å²) >= 11 is 0. The number of aromatic nitrogens is 2. The van der Waals surface area contributed by atoms with Crippen molar-refractivity contribution in [1.29, 1.82) is 5.26 Å². The molecule has 198 valence electrons. The van der Waals surface area contributed by atoms with Crippen LogP contribution in [0, 0.1) is 11.3 Å². The quantitative estimate of drug-likeness (QED) is 0.402. The fourth-order valence-electron chi connectivity index (χ4n) is 6.38. The maximum atomic E-state index is 13.5. The van der Waals surface area contributed by atoms with Gasteiger partial charge in [-0.05, 0) is 51.2 Å². The molecule has 0 aliphatic carbocycles. The molecular formula is C25H35N9O2S. The van der Waals surface area contributed by atoms with E-state index in [9.17, 15) is 8.42 Å². The summed E-state index contributed by atoms with van der Waals surface area (Å²) in [4.78, 5) is 11.5. The average molecular weight is 526 g/mol. The Morgan fingerprint density at radius 1 is 1.16 bits per heavy atom. The number of nitriles is 1. The summed E-state index contributed by atoms with van der Waals surface area (Å²) in [6.07, 6.45) is 6.61. The number of rotatable bonds is 8. The highest BCUT2D eigenvalue weighted by Gasteiger charge is 2.51. The summed E-state index contributed by atoms with van der Waals surface area (Å²) in [7, 11) is -3.34. The van der Waals surface area contributed by atoms with Gasteiger partial charge in [-0.25, -0.2) is 18.8 Å². The molecular weight excluding hydrogens is 490 g/mol. The average Bonchev–Trinajstić information content (AvgIpc) is 3.38. The molecule has 2 aromatic heterocycles. The van der Waals surface area contributed by atoms with Gasteiger partial charge in [0.2, 0.25) is 10.0 Å². The minimum atomic E-state index is -3.34. The number of hydrogen-bond acceptors (Lipinski definition) is 10. The fourth-order valence-corrected chi connectivity index (χ4v) is 8.74. The van der Waals surface area contributed by atoms with Crippen molar-refractivity contribution in [2.75, 3.05) is 30.3 Å². The van der Waals surface area contributed by atoms with Gasteiger partial charge in [0.25, 0.3) is 0 Å². The summed E-state index contributed by atoms with van der Waals surface area (Å²) in [6, 6.07) is 8.64. The number of hydrazine groups is 1. The van der Waals surface area contributed by atoms with Gasteiger partial charge in [-0.15, -0.1) is 0 Å². The van der Waals surface area contributed by atoms with Gasteiger partial charge in [-0.2, -0.15) is 9.57 Å². The molecule has 12 heteroatoms. The summed E-state index contributed by atoms with van der Waals surface area (Å²) in [5.74, 6) is 1.55. The number of fused-ring (bicyclic) bond motifs is 3. The van der Waals surface area contributed by atoms with Crippen LogP contribution in [0.25, 0.3) is 10.9 Å². The van der Waals surface area contributed by atoms with E-state index in [0.717, 1.165) is 54.6 Å². The first kappa shape index (κ1) is 24.8. The van der Waals surface area contributed by atoms with Gasteiger partial charge in [-0.3, -0.25) is 15.3 Å². The van der Waals surface area contributed by atoms with E-state index in [2.05, 4.69) is 44.4 Å². The van der Waals surface area contributed by atoms with Crippen LogP contribution < -0.4 is 21.5 Å². The molecule has 4 aliphatic rings. The highest BCUT2D eigenvalue weighted by Crippen LogP contribution is 2.41. The van der Waals surface area contributed by atoms with Crippen LogP contribution in [0.1, 0.15) is 45.4 Å². The molecule has 0 amide bonds. The first-order chi connectivity index (χ1) is 17.9. The zero-order valence-corrected chi connectivity index (χ0v) is 21.9. The standard InChI is InChI=1S/C25H35N9O2S/c1-16-10-24(32-31-16)29-23-13-22-21(4-2-8-27-22)25(30-23)28-17-11-18-5-6-19(12-17)34(18)37(35,36)20-14-33(15-20)9-3-7-26/h2,4,8,13,16-20,24,31-32H,3,5-6,9-12,14-15H2,1H3,(H2,28,29,30)/t16?,17?,18-,19+,24?. The lowest BCUT2D eigenvalue weighted by atomic mass is 9.99. The second kappa shape index (κ2) is 9.96. The summed E-state index contributed by atoms with van der Waals surface area (Å²) in [5.41, 5.74) is 7.35. The molecule has 6 heterocycles. The fraction of sp³-hybridized carbons (Fsp3) is 0.640. The summed E-state index contributed by atoms with van der Waals surface area (Å²) < 4.78 is 28.8. The number of hydrogen-bond donors (Lipinski definition) is 4. The van der Waals surface area contributed by atoms with E-state index in [4.69, 9.17) is 10.2 Å². The first-order valence-corrected chi connectivity index (χ1v) is 14.8. The Bertz CT molecular complexity index is 1280. The second-order valence-corrected chi connectivity index (χ2v) is 13.0. The monoisotopic (exact) mass is 525 g/mol. The van der Waals surface area contributed by atoms with E-state index in [-0.39, 0.29) is 29.5 Å². The van der Waals surface area contributed by atoms with Crippen LogP contribution in [0.4, 0.5) is 11.6 Å². The van der Waals surface area contributed by atoms with Gasteiger partial charge in [-0.1, -0.05) is 0 Å². The number of sulfonamides is 1. The molecule has 2 aromatic rings. The Labute approximate surface area is 218 Å². The highest BCUT2D eigenvalue weighted by molar-refractivity contribution is 7.89. The lowest BCUT2D eigenvalue weighted by Gasteiger charge is -2.45. The molecule has 4 fully saturated rings. The molecule has 11 nitrogen and oxygen atoms in total. The molecule has 0 spiro atoms. The molecule has 4 saturated heterocycles. The zero-order valence-electron chi connectivity index (χ0n) is 21.1. The Morgan fingerprint density at radius 2 is 1.95 bits per heavy atom. The first-order valence-electron chi connectivity index (χ1n) is 13.3. The maximum Gasteiger partial charge on any atom is 0.220 e. The third-order valence-corrected chi connectivity index (χ3v) is 10.5. The van der Waals surface area contributed by atoms with Gasteiger partial charge >= 0.3 is 0 Å². The Hall–Kier alpha value is -2.56. The van der Waals surface area contributed by atoms with Crippen molar-refractivity contribution in [2.24, 2.45) is 0 Å². The van der Waals surface area contributed by atoms with E-state index < -0.39 is 10.0 Å². The third-order valence-electron chi connectivity index (χ3n) is 8.20. The number of likely N-dealkylation sites (tertiary alicyclic amines) is 1. The van der Waals surface area contributed by atoms with Crippen LogP contribution in [0.3, 0.4) is 0 Å². The van der Waals surface area contributed by atoms with Gasteiger partial charge in [0.05, 0.1) is 17.8 Å². The van der Waals surface area contributed by atoms with Gasteiger partial charge in [0.15, 0.2) is 0 Å². The van der Waals surface area contributed by atoms with Crippen LogP contribution in [0.5, 0.6) is 0 Å². The molecule has 0 aromatic carbocycles. The minimum Gasteiger partial charge on any atom is -0.367 e. The van der Waals surface area contributed by atoms with Crippen molar-refractivity contribution in [3.05, 3.63) is 24.4 Å². The lowest BCUT2D eigenvalue weighted by molar-refractivity contribution is 0.172. The smallest absolute Gasteiger partial charge is 0.220 e. The Balaban J connectivity index is 1.16. The molecule has 4 aliphatic heterocycles. The predicted octanol–water partition coefficient (Wildman–Crippen LogP) is 1.59. The van der Waals surface area contributed by atoms with E-state index >= 15 is 0 Å². The summed E-state index contributed by atoms with van der Waals surface area (Å²) in [5, 5.41) is 16.5. The second-order valence-electron chi connectivity index (χ2n) is 10.9. The number of nitrogens with zero attached hydrogens (tertiary/aromatic N) is 5. The maximum absolute atomic E-state index is 13.5. The number of anilines is 2. The Morgan fingerprint density at radius 3 is 2.65 bits per heavy atom. The molecule has 2 bridgehead atoms. The van der Waals surface area contributed by atoms with Crippen LogP contribution in [-0.4, -0.2) is 82.8 Å². The van der Waals surface area contributed by atoms with Crippen LogP contribution in [0.15, 0.2) is 24.4 Å². The van der Waals surface area contributed by atoms with Crippen molar-refractivity contribution in [1.82, 2.24) is 30.0 Å². The molecule has 6 rings (SSSR count). The van der Waals surface area contributed by atoms with E-state index in [1.54, 1.807) is 6.20 Å². The highest BCUT2D eigenvalue weighted by atomic mass is 32.2. The molecule has 0 saturated carbocycles. The van der Waals surface area contributed by atoms with Gasteiger partial charge in [0, 0.05) is 67.9 Å². The lowest BCUT2D eigenvalue weighted by Crippen LogP contribution is -2.61. The molecule has 5 atom stereocenters. The molecule has 4 N–H and O–H groups in total. The SMILES string of the molecule is CC1CC(Nc2cc3ncccc3c(NC3C[C@H]4CC[C@@H](C3)N4S(=O)(=O)C3CN(CCC#N)C3)n2)NN1. The van der Waals surface area contributed by atoms with Gasteiger partial charge in [0.1, 0.15) is 16.9 Å². The van der Waals surface area contributed by atoms with Crippen molar-refractivity contribution >= 4 is 32.6 Å². The van der Waals surface area contributed by atoms with Gasteiger partial charge < -0.3 is 10.6 Å². The molecule has 37 heavy (non-hydrogen) atoms. The van der Waals surface area contributed by atoms with Crippen LogP contribution in [0.2, 0.25) is 0 Å². The number of pyridine rings is 2. The van der Waals surface area contributed by atoms with E-state index in [0.29, 0.717) is 32.1 Å². The summed E-state index contributed by atoms with van der Waals surface area (Å²) in [6.45, 7) is 3.86. The molecule has 0 radical (unpaired) electrons. The zero-order chi connectivity index (χ0) is 25.6. The van der Waals surface area contributed by atoms with Crippen molar-refractivity contribution in [3.63, 3.8) is 0 Å². The van der Waals surface area contributed by atoms with Crippen molar-refractivity contribution in [3.8, 4) is 6.07 Å². The predicted molar refractivity (Wildman–Crippen MR) is 142 cm³/mol. The van der Waals surface area contributed by atoms with E-state index in [1.807, 2.05) is 22.5 Å². The Kier molecular flexibility index (Phi) is 6.66. The third kappa shape index (κ3) is 4.86. The normalized spacial score (nSPS) is 30.8. The number of nitrogens with one attached hydrogen (secondary N) is 4. The molecule has 3 unspecified atom stereocenters. The van der Waals surface area contributed by atoms with Crippen LogP contribution >= 0.6 is 0 Å². The topological polar surface area (TPSA) is 138 Å². The largest absolute Gasteiger partial charge is 0.367 e. The van der Waals surface area contributed by atoms with Crippen LogP contribution in [-0.2, 0) is 10.0 Å². The minimum absolute atomic E-state index is 0.0235. The van der Waals surface area contributed by atoms with Crippen molar-refractivity contribution in [2.45, 2.75) is 81.0 Å². The van der Waals surface area contributed by atoms with E-state index in [1.165, 1.54) is 0 Å².